The van der Waals surface area contributed by atoms with Crippen molar-refractivity contribution in [2.75, 3.05) is 0 Å². The summed E-state index contributed by atoms with van der Waals surface area (Å²) in [5, 5.41) is 20.3. The molecule has 0 bridgehead atoms. The molecule has 21 heavy (non-hydrogen) atoms. The number of hydrogen-bond donors (Lipinski definition) is 1. The fourth-order valence-electron chi connectivity index (χ4n) is 1.47. The van der Waals surface area contributed by atoms with Crippen LogP contribution in [0.3, 0.4) is 0 Å². The van der Waals surface area contributed by atoms with Crippen molar-refractivity contribution in [3.63, 3.8) is 0 Å². The summed E-state index contributed by atoms with van der Waals surface area (Å²) >= 11 is 9.89. The molecule has 1 N–H and O–H groups in total. The highest BCUT2D eigenvalue weighted by molar-refractivity contribution is 9.10. The Hall–Kier alpha value is -1.64. The molecule has 108 valence electrons. The molecule has 0 saturated heterocycles. The average molecular weight is 390 g/mol. The Labute approximate surface area is 136 Å². The van der Waals surface area contributed by atoms with Crippen LogP contribution in [0.1, 0.15) is 10.4 Å². The molecule has 0 unspecified atom stereocenters. The van der Waals surface area contributed by atoms with E-state index in [9.17, 15) is 14.9 Å². The molecule has 0 aliphatic heterocycles. The summed E-state index contributed by atoms with van der Waals surface area (Å²) < 4.78 is 0.487. The third kappa shape index (κ3) is 3.72. The predicted octanol–water partition coefficient (Wildman–Crippen LogP) is 4.26. The van der Waals surface area contributed by atoms with E-state index in [1.807, 2.05) is 0 Å². The van der Waals surface area contributed by atoms with Crippen LogP contribution in [0.25, 0.3) is 0 Å². The van der Waals surface area contributed by atoms with Gasteiger partial charge in [-0.2, -0.15) is 0 Å². The van der Waals surface area contributed by atoms with Gasteiger partial charge in [0.1, 0.15) is 0 Å². The molecule has 0 amide bonds. The molecular weight excluding hydrogens is 384 g/mol. The molecule has 1 aromatic heterocycles. The number of carbonyl (C=O) groups is 1. The van der Waals surface area contributed by atoms with Crippen molar-refractivity contribution in [2.45, 2.75) is 9.92 Å². The number of pyridine rings is 1. The largest absolute Gasteiger partial charge is 0.478 e. The number of nitro groups is 1. The molecule has 0 spiro atoms. The number of rotatable bonds is 4. The quantitative estimate of drug-likeness (QED) is 0.620. The van der Waals surface area contributed by atoms with Crippen LogP contribution in [0.15, 0.2) is 44.9 Å². The van der Waals surface area contributed by atoms with E-state index >= 15 is 0 Å². The Morgan fingerprint density at radius 1 is 1.43 bits per heavy atom. The first kappa shape index (κ1) is 15.7. The van der Waals surface area contributed by atoms with Gasteiger partial charge < -0.3 is 5.11 Å². The molecule has 6 nitrogen and oxygen atoms in total. The van der Waals surface area contributed by atoms with Gasteiger partial charge in [-0.25, -0.2) is 9.78 Å². The molecule has 0 aliphatic rings. The van der Waals surface area contributed by atoms with Crippen LogP contribution >= 0.6 is 39.3 Å². The van der Waals surface area contributed by atoms with Gasteiger partial charge in [0.25, 0.3) is 0 Å². The molecule has 0 aliphatic carbocycles. The van der Waals surface area contributed by atoms with Crippen molar-refractivity contribution in [3.05, 3.63) is 55.6 Å². The zero-order valence-electron chi connectivity index (χ0n) is 10.1. The van der Waals surface area contributed by atoms with Crippen LogP contribution in [0.5, 0.6) is 0 Å². The van der Waals surface area contributed by atoms with Gasteiger partial charge in [-0.3, -0.25) is 10.1 Å². The van der Waals surface area contributed by atoms with Gasteiger partial charge in [0, 0.05) is 21.6 Å². The highest BCUT2D eigenvalue weighted by Crippen LogP contribution is 2.35. The molecule has 2 aromatic rings. The summed E-state index contributed by atoms with van der Waals surface area (Å²) in [6.07, 6.45) is 1.43. The van der Waals surface area contributed by atoms with E-state index in [2.05, 4.69) is 20.9 Å². The van der Waals surface area contributed by atoms with E-state index < -0.39 is 10.9 Å². The topological polar surface area (TPSA) is 93.3 Å². The van der Waals surface area contributed by atoms with Crippen LogP contribution < -0.4 is 0 Å². The predicted molar refractivity (Wildman–Crippen MR) is 81.1 cm³/mol. The van der Waals surface area contributed by atoms with Crippen molar-refractivity contribution >= 4 is 50.9 Å². The fraction of sp³-hybridized carbons (Fsp3) is 0. The van der Waals surface area contributed by atoms with Crippen LogP contribution in [0.4, 0.5) is 5.69 Å². The maximum Gasteiger partial charge on any atom is 0.337 e. The normalized spacial score (nSPS) is 10.4. The highest BCUT2D eigenvalue weighted by Gasteiger charge is 2.18. The van der Waals surface area contributed by atoms with Gasteiger partial charge >= 0.3 is 11.7 Å². The van der Waals surface area contributed by atoms with Crippen molar-refractivity contribution in [1.29, 1.82) is 0 Å². The summed E-state index contributed by atoms with van der Waals surface area (Å²) in [5.41, 5.74) is -0.234. The van der Waals surface area contributed by atoms with E-state index in [4.69, 9.17) is 16.7 Å². The van der Waals surface area contributed by atoms with E-state index in [0.717, 1.165) is 11.8 Å². The number of nitrogens with zero attached hydrogens (tertiary/aromatic N) is 2. The summed E-state index contributed by atoms with van der Waals surface area (Å²) in [5.74, 6) is -1.17. The third-order valence-electron chi connectivity index (χ3n) is 2.38. The Morgan fingerprint density at radius 2 is 2.14 bits per heavy atom. The standard InChI is InChI=1S/C12H6BrClN2O4S/c13-6-3-10(16(19)20)11(15-5-6)21-7-1-2-9(14)8(4-7)12(17)18/h1-5H,(H,17,18). The SMILES string of the molecule is O=C(O)c1cc(Sc2ncc(Br)cc2[N+](=O)[O-])ccc1Cl. The smallest absolute Gasteiger partial charge is 0.337 e. The molecule has 1 aromatic carbocycles. The fourth-order valence-corrected chi connectivity index (χ4v) is 2.87. The Morgan fingerprint density at radius 3 is 2.76 bits per heavy atom. The molecule has 0 saturated carbocycles. The molecule has 0 atom stereocenters. The lowest BCUT2D eigenvalue weighted by atomic mass is 10.2. The number of aromatic carboxylic acids is 1. The monoisotopic (exact) mass is 388 g/mol. The summed E-state index contributed by atoms with van der Waals surface area (Å²) in [6, 6.07) is 5.69. The Kier molecular flexibility index (Phi) is 4.81. The van der Waals surface area contributed by atoms with Crippen LogP contribution in [-0.4, -0.2) is 21.0 Å². The van der Waals surface area contributed by atoms with Crippen molar-refractivity contribution in [2.24, 2.45) is 0 Å². The van der Waals surface area contributed by atoms with Gasteiger partial charge in [0.15, 0.2) is 5.03 Å². The van der Waals surface area contributed by atoms with Crippen LogP contribution in [0.2, 0.25) is 5.02 Å². The van der Waals surface area contributed by atoms with Gasteiger partial charge in [0.05, 0.1) is 15.5 Å². The second-order valence-corrected chi connectivity index (χ2v) is 6.17. The van der Waals surface area contributed by atoms with Crippen LogP contribution in [0, 0.1) is 10.1 Å². The van der Waals surface area contributed by atoms with E-state index in [1.165, 1.54) is 24.4 Å². The number of carboxylic acid groups (broad SMARTS) is 1. The maximum atomic E-state index is 11.0. The lowest BCUT2D eigenvalue weighted by molar-refractivity contribution is -0.388. The summed E-state index contributed by atoms with van der Waals surface area (Å²) in [6.45, 7) is 0. The van der Waals surface area contributed by atoms with Crippen molar-refractivity contribution in [1.82, 2.24) is 4.98 Å². The second kappa shape index (κ2) is 6.42. The average Bonchev–Trinajstić information content (AvgIpc) is 2.42. The number of halogens is 2. The third-order valence-corrected chi connectivity index (χ3v) is 4.14. The Balaban J connectivity index is 2.41. The van der Waals surface area contributed by atoms with Gasteiger partial charge in [-0.05, 0) is 34.1 Å². The molecule has 0 radical (unpaired) electrons. The lowest BCUT2D eigenvalue weighted by Gasteiger charge is -2.05. The van der Waals surface area contributed by atoms with Gasteiger partial charge in [-0.1, -0.05) is 23.4 Å². The van der Waals surface area contributed by atoms with Crippen molar-refractivity contribution in [3.8, 4) is 0 Å². The Bertz CT molecular complexity index is 741. The molecule has 1 heterocycles. The highest BCUT2D eigenvalue weighted by atomic mass is 79.9. The number of hydrogen-bond acceptors (Lipinski definition) is 5. The second-order valence-electron chi connectivity index (χ2n) is 3.78. The molecular formula is C12H6BrClN2O4S. The molecule has 9 heteroatoms. The zero-order valence-corrected chi connectivity index (χ0v) is 13.3. The zero-order chi connectivity index (χ0) is 15.6. The first-order chi connectivity index (χ1) is 9.88. The lowest BCUT2D eigenvalue weighted by Crippen LogP contribution is -1.98. The van der Waals surface area contributed by atoms with Crippen LogP contribution in [-0.2, 0) is 0 Å². The minimum atomic E-state index is -1.17. The number of benzene rings is 1. The van der Waals surface area contributed by atoms with E-state index in [1.54, 1.807) is 6.07 Å². The first-order valence-corrected chi connectivity index (χ1v) is 7.38. The first-order valence-electron chi connectivity index (χ1n) is 5.39. The molecule has 0 fully saturated rings. The summed E-state index contributed by atoms with van der Waals surface area (Å²) in [4.78, 5) is 26.0. The number of aromatic nitrogens is 1. The van der Waals surface area contributed by atoms with Gasteiger partial charge in [-0.15, -0.1) is 0 Å². The van der Waals surface area contributed by atoms with E-state index in [-0.39, 0.29) is 21.3 Å². The maximum absolute atomic E-state index is 11.0. The van der Waals surface area contributed by atoms with Gasteiger partial charge in [0.2, 0.25) is 0 Å². The summed E-state index contributed by atoms with van der Waals surface area (Å²) in [7, 11) is 0. The van der Waals surface area contributed by atoms with E-state index in [0.29, 0.717) is 9.37 Å². The minimum absolute atomic E-state index is 0.0681. The number of carboxylic acids is 1. The molecule has 2 rings (SSSR count). The van der Waals surface area contributed by atoms with Crippen molar-refractivity contribution < 1.29 is 14.8 Å². The minimum Gasteiger partial charge on any atom is -0.478 e.